The quantitative estimate of drug-likeness (QED) is 0.773. The van der Waals surface area contributed by atoms with Crippen LogP contribution in [-0.4, -0.2) is 25.5 Å². The minimum Gasteiger partial charge on any atom is -0.478 e. The van der Waals surface area contributed by atoms with Crippen molar-refractivity contribution in [3.63, 3.8) is 0 Å². The van der Waals surface area contributed by atoms with Gasteiger partial charge in [0, 0.05) is 6.04 Å². The van der Waals surface area contributed by atoms with Gasteiger partial charge in [-0.05, 0) is 30.5 Å². The topological polar surface area (TPSA) is 83.5 Å². The van der Waals surface area contributed by atoms with Crippen molar-refractivity contribution in [3.05, 3.63) is 35.4 Å². The van der Waals surface area contributed by atoms with Crippen LogP contribution in [0.2, 0.25) is 0 Å². The molecule has 0 radical (unpaired) electrons. The number of carboxylic acid groups (broad SMARTS) is 1. The van der Waals surface area contributed by atoms with Crippen LogP contribution in [0.15, 0.2) is 24.3 Å². The molecular weight excluding hydrogens is 290 g/mol. The van der Waals surface area contributed by atoms with Crippen LogP contribution < -0.4 is 4.72 Å². The second-order valence-corrected chi connectivity index (χ2v) is 7.00. The fraction of sp³-hybridized carbons (Fsp3) is 0.533. The zero-order valence-corrected chi connectivity index (χ0v) is 13.5. The molecule has 0 bridgehead atoms. The second-order valence-electron chi connectivity index (χ2n) is 5.25. The highest BCUT2D eigenvalue weighted by Gasteiger charge is 2.20. The molecule has 118 valence electrons. The summed E-state index contributed by atoms with van der Waals surface area (Å²) in [5, 5.41) is 8.92. The van der Waals surface area contributed by atoms with Gasteiger partial charge < -0.3 is 5.11 Å². The number of carbonyl (C=O) groups is 1. The minimum absolute atomic E-state index is 0.0933. The van der Waals surface area contributed by atoms with Gasteiger partial charge >= 0.3 is 5.97 Å². The minimum atomic E-state index is -3.48. The molecule has 0 saturated carbocycles. The van der Waals surface area contributed by atoms with Gasteiger partial charge in [0.25, 0.3) is 0 Å². The van der Waals surface area contributed by atoms with Crippen molar-refractivity contribution in [1.82, 2.24) is 4.72 Å². The van der Waals surface area contributed by atoms with Crippen LogP contribution in [0.4, 0.5) is 0 Å². The molecule has 0 saturated heterocycles. The van der Waals surface area contributed by atoms with Crippen molar-refractivity contribution in [1.29, 1.82) is 0 Å². The first kappa shape index (κ1) is 17.7. The van der Waals surface area contributed by atoms with Crippen molar-refractivity contribution in [3.8, 4) is 0 Å². The molecule has 1 atom stereocenters. The van der Waals surface area contributed by atoms with E-state index in [-0.39, 0.29) is 17.4 Å². The summed E-state index contributed by atoms with van der Waals surface area (Å²) >= 11 is 0. The third-order valence-corrected chi connectivity index (χ3v) is 5.10. The van der Waals surface area contributed by atoms with E-state index in [0.29, 0.717) is 11.5 Å². The van der Waals surface area contributed by atoms with Gasteiger partial charge in [-0.25, -0.2) is 17.9 Å². The highest BCUT2D eigenvalue weighted by atomic mass is 32.2. The van der Waals surface area contributed by atoms with Crippen LogP contribution >= 0.6 is 0 Å². The predicted molar refractivity (Wildman–Crippen MR) is 82.7 cm³/mol. The molecule has 0 aliphatic rings. The Morgan fingerprint density at radius 3 is 2.43 bits per heavy atom. The van der Waals surface area contributed by atoms with Crippen LogP contribution in [0, 0.1) is 5.92 Å². The van der Waals surface area contributed by atoms with Gasteiger partial charge in [0.05, 0.1) is 11.3 Å². The number of nitrogens with one attached hydrogen (secondary N) is 1. The summed E-state index contributed by atoms with van der Waals surface area (Å²) in [4.78, 5) is 10.9. The number of hydrogen-bond acceptors (Lipinski definition) is 3. The van der Waals surface area contributed by atoms with Crippen molar-refractivity contribution >= 4 is 16.0 Å². The zero-order chi connectivity index (χ0) is 16.0. The average molecular weight is 313 g/mol. The number of benzene rings is 1. The first-order valence-electron chi connectivity index (χ1n) is 7.11. The molecule has 0 heterocycles. The molecule has 5 nitrogen and oxygen atoms in total. The normalized spacial score (nSPS) is 13.3. The van der Waals surface area contributed by atoms with Crippen molar-refractivity contribution in [2.45, 2.75) is 45.4 Å². The number of carboxylic acids is 1. The SMILES string of the molecule is CCC(CC)C(C)NS(=O)(=O)Cc1cccc(C(=O)O)c1. The Bertz CT molecular complexity index is 579. The van der Waals surface area contributed by atoms with Gasteiger partial charge in [-0.2, -0.15) is 0 Å². The molecule has 1 rings (SSSR count). The summed E-state index contributed by atoms with van der Waals surface area (Å²) in [6.07, 6.45) is 1.82. The molecule has 0 aromatic heterocycles. The third-order valence-electron chi connectivity index (χ3n) is 3.65. The highest BCUT2D eigenvalue weighted by Crippen LogP contribution is 2.15. The number of sulfonamides is 1. The highest BCUT2D eigenvalue weighted by molar-refractivity contribution is 7.88. The summed E-state index contributed by atoms with van der Waals surface area (Å²) in [6.45, 7) is 5.94. The van der Waals surface area contributed by atoms with Gasteiger partial charge in [-0.1, -0.05) is 38.8 Å². The summed E-state index contributed by atoms with van der Waals surface area (Å²) < 4.78 is 27.0. The Labute approximate surface area is 126 Å². The third kappa shape index (κ3) is 5.47. The molecule has 21 heavy (non-hydrogen) atoms. The summed E-state index contributed by atoms with van der Waals surface area (Å²) in [6, 6.07) is 5.88. The van der Waals surface area contributed by atoms with Gasteiger partial charge in [0.2, 0.25) is 10.0 Å². The molecule has 0 amide bonds. The van der Waals surface area contributed by atoms with E-state index in [1.807, 2.05) is 20.8 Å². The number of hydrogen-bond donors (Lipinski definition) is 2. The maximum Gasteiger partial charge on any atom is 0.335 e. The molecule has 1 unspecified atom stereocenters. The first-order valence-corrected chi connectivity index (χ1v) is 8.76. The zero-order valence-electron chi connectivity index (χ0n) is 12.7. The summed E-state index contributed by atoms with van der Waals surface area (Å²) in [7, 11) is -3.48. The Morgan fingerprint density at radius 2 is 1.90 bits per heavy atom. The molecule has 1 aromatic carbocycles. The smallest absolute Gasteiger partial charge is 0.335 e. The lowest BCUT2D eigenvalue weighted by atomic mass is 9.96. The van der Waals surface area contributed by atoms with Gasteiger partial charge in [-0.15, -0.1) is 0 Å². The largest absolute Gasteiger partial charge is 0.478 e. The first-order chi connectivity index (χ1) is 9.79. The van der Waals surface area contributed by atoms with Crippen LogP contribution in [0.1, 0.15) is 49.5 Å². The van der Waals surface area contributed by atoms with Crippen LogP contribution in [0.5, 0.6) is 0 Å². The van der Waals surface area contributed by atoms with Gasteiger partial charge in [-0.3, -0.25) is 0 Å². The van der Waals surface area contributed by atoms with Gasteiger partial charge in [0.1, 0.15) is 0 Å². The average Bonchev–Trinajstić information content (AvgIpc) is 2.39. The van der Waals surface area contributed by atoms with E-state index in [4.69, 9.17) is 5.11 Å². The van der Waals surface area contributed by atoms with Crippen molar-refractivity contribution in [2.75, 3.05) is 0 Å². The predicted octanol–water partition coefficient (Wildman–Crippen LogP) is 2.63. The van der Waals surface area contributed by atoms with E-state index in [1.165, 1.54) is 12.1 Å². The molecule has 0 aliphatic heterocycles. The van der Waals surface area contributed by atoms with E-state index in [2.05, 4.69) is 4.72 Å². The Kier molecular flexibility index (Phi) is 6.36. The van der Waals surface area contributed by atoms with Crippen molar-refractivity contribution < 1.29 is 18.3 Å². The maximum absolute atomic E-state index is 12.2. The standard InChI is InChI=1S/C15H23NO4S/c1-4-13(5-2)11(3)16-21(19,20)10-12-7-6-8-14(9-12)15(17)18/h6-9,11,13,16H,4-5,10H2,1-3H3,(H,17,18). The number of rotatable bonds is 8. The molecule has 0 fully saturated rings. The van der Waals surface area contributed by atoms with Crippen LogP contribution in [0.25, 0.3) is 0 Å². The molecule has 1 aromatic rings. The van der Waals surface area contributed by atoms with E-state index in [1.54, 1.807) is 12.1 Å². The Balaban J connectivity index is 2.81. The molecular formula is C15H23NO4S. The van der Waals surface area contributed by atoms with E-state index >= 15 is 0 Å². The van der Waals surface area contributed by atoms with Crippen molar-refractivity contribution in [2.24, 2.45) is 5.92 Å². The molecule has 2 N–H and O–H groups in total. The summed E-state index contributed by atoms with van der Waals surface area (Å²) in [5.74, 6) is -0.976. The molecule has 6 heteroatoms. The van der Waals surface area contributed by atoms with Crippen LogP contribution in [-0.2, 0) is 15.8 Å². The Morgan fingerprint density at radius 1 is 1.29 bits per heavy atom. The van der Waals surface area contributed by atoms with E-state index < -0.39 is 16.0 Å². The van der Waals surface area contributed by atoms with Crippen LogP contribution in [0.3, 0.4) is 0 Å². The maximum atomic E-state index is 12.2. The molecule has 0 aliphatic carbocycles. The summed E-state index contributed by atoms with van der Waals surface area (Å²) in [5.41, 5.74) is 0.565. The van der Waals surface area contributed by atoms with E-state index in [9.17, 15) is 13.2 Å². The second kappa shape index (κ2) is 7.56. The fourth-order valence-corrected chi connectivity index (χ4v) is 3.89. The lowest BCUT2D eigenvalue weighted by Crippen LogP contribution is -2.38. The fourth-order valence-electron chi connectivity index (χ4n) is 2.43. The monoisotopic (exact) mass is 313 g/mol. The lowest BCUT2D eigenvalue weighted by molar-refractivity contribution is 0.0696. The molecule has 0 spiro atoms. The van der Waals surface area contributed by atoms with E-state index in [0.717, 1.165) is 12.8 Å². The lowest BCUT2D eigenvalue weighted by Gasteiger charge is -2.22. The Hall–Kier alpha value is -1.40. The number of aromatic carboxylic acids is 1. The van der Waals surface area contributed by atoms with Gasteiger partial charge in [0.15, 0.2) is 0 Å².